The van der Waals surface area contributed by atoms with E-state index >= 15 is 0 Å². The molecule has 4 heteroatoms. The van der Waals surface area contributed by atoms with Crippen molar-refractivity contribution in [2.75, 3.05) is 0 Å². The Morgan fingerprint density at radius 2 is 2.00 bits per heavy atom. The highest BCUT2D eigenvalue weighted by atomic mass is 35.5. The summed E-state index contributed by atoms with van der Waals surface area (Å²) in [5.74, 6) is -0.908. The van der Waals surface area contributed by atoms with Gasteiger partial charge in [0.1, 0.15) is 0 Å². The van der Waals surface area contributed by atoms with E-state index in [-0.39, 0.29) is 6.04 Å². The molecule has 3 nitrogen and oxygen atoms in total. The van der Waals surface area contributed by atoms with E-state index in [1.54, 1.807) is 18.2 Å². The quantitative estimate of drug-likeness (QED) is 0.878. The van der Waals surface area contributed by atoms with Gasteiger partial charge in [0.15, 0.2) is 0 Å². The Hall–Kier alpha value is -1.84. The van der Waals surface area contributed by atoms with Crippen molar-refractivity contribution in [3.8, 4) is 0 Å². The van der Waals surface area contributed by atoms with E-state index in [1.807, 2.05) is 37.3 Å². The van der Waals surface area contributed by atoms with Crippen LogP contribution in [0.3, 0.4) is 0 Å². The topological polar surface area (TPSA) is 49.3 Å². The van der Waals surface area contributed by atoms with Crippen LogP contribution in [0, 0.1) is 0 Å². The van der Waals surface area contributed by atoms with Gasteiger partial charge in [0, 0.05) is 17.6 Å². The monoisotopic (exact) mass is 289 g/mol. The van der Waals surface area contributed by atoms with E-state index < -0.39 is 5.97 Å². The van der Waals surface area contributed by atoms with Gasteiger partial charge in [-0.3, -0.25) is 0 Å². The van der Waals surface area contributed by atoms with E-state index in [2.05, 4.69) is 5.32 Å². The fourth-order valence-corrected chi connectivity index (χ4v) is 2.18. The molecule has 1 atom stereocenters. The van der Waals surface area contributed by atoms with Gasteiger partial charge in [-0.2, -0.15) is 0 Å². The van der Waals surface area contributed by atoms with Gasteiger partial charge in [0.05, 0.1) is 5.56 Å². The third-order valence-corrected chi connectivity index (χ3v) is 3.37. The average Bonchev–Trinajstić information content (AvgIpc) is 2.45. The van der Waals surface area contributed by atoms with Gasteiger partial charge in [-0.05, 0) is 42.3 Å². The number of halogens is 1. The van der Waals surface area contributed by atoms with E-state index in [0.717, 1.165) is 11.1 Å². The highest BCUT2D eigenvalue weighted by Crippen LogP contribution is 2.18. The normalized spacial score (nSPS) is 12.1. The summed E-state index contributed by atoms with van der Waals surface area (Å²) in [7, 11) is 0. The number of hydrogen-bond donors (Lipinski definition) is 2. The molecule has 0 aliphatic rings. The molecule has 0 radical (unpaired) electrons. The second-order valence-corrected chi connectivity index (χ2v) is 5.10. The molecule has 0 aliphatic heterocycles. The van der Waals surface area contributed by atoms with Crippen molar-refractivity contribution in [3.05, 3.63) is 70.2 Å². The maximum atomic E-state index is 10.9. The first-order valence-corrected chi connectivity index (χ1v) is 6.75. The van der Waals surface area contributed by atoms with Crippen LogP contribution in [-0.4, -0.2) is 11.1 Å². The minimum Gasteiger partial charge on any atom is -0.478 e. The van der Waals surface area contributed by atoms with Crippen LogP contribution in [-0.2, 0) is 6.54 Å². The summed E-state index contributed by atoms with van der Waals surface area (Å²) in [6.45, 7) is 2.65. The van der Waals surface area contributed by atoms with Gasteiger partial charge in [0.2, 0.25) is 0 Å². The molecule has 0 saturated carbocycles. The van der Waals surface area contributed by atoms with Gasteiger partial charge < -0.3 is 10.4 Å². The molecule has 2 aromatic carbocycles. The van der Waals surface area contributed by atoms with Crippen molar-refractivity contribution in [2.45, 2.75) is 19.5 Å². The zero-order chi connectivity index (χ0) is 14.5. The van der Waals surface area contributed by atoms with Crippen LogP contribution < -0.4 is 5.32 Å². The zero-order valence-corrected chi connectivity index (χ0v) is 11.9. The lowest BCUT2D eigenvalue weighted by Crippen LogP contribution is -2.18. The molecule has 2 N–H and O–H groups in total. The minimum absolute atomic E-state index is 0.141. The van der Waals surface area contributed by atoms with Crippen LogP contribution in [0.25, 0.3) is 0 Å². The fraction of sp³-hybridized carbons (Fsp3) is 0.188. The van der Waals surface area contributed by atoms with Gasteiger partial charge >= 0.3 is 5.97 Å². The molecular formula is C16H16ClNO2. The molecule has 0 aliphatic carbocycles. The number of carbonyl (C=O) groups is 1. The van der Waals surface area contributed by atoms with Crippen LogP contribution in [0.4, 0.5) is 0 Å². The maximum absolute atomic E-state index is 10.9. The van der Waals surface area contributed by atoms with E-state index in [4.69, 9.17) is 16.7 Å². The Morgan fingerprint density at radius 3 is 2.70 bits per heavy atom. The first kappa shape index (κ1) is 14.6. The number of hydrogen-bond acceptors (Lipinski definition) is 2. The Bertz CT molecular complexity index is 613. The third-order valence-electron chi connectivity index (χ3n) is 3.13. The van der Waals surface area contributed by atoms with Crippen LogP contribution in [0.2, 0.25) is 5.02 Å². The maximum Gasteiger partial charge on any atom is 0.335 e. The van der Waals surface area contributed by atoms with Crippen molar-refractivity contribution in [3.63, 3.8) is 0 Å². The lowest BCUT2D eigenvalue weighted by atomic mass is 10.1. The Morgan fingerprint density at radius 1 is 1.25 bits per heavy atom. The second-order valence-electron chi connectivity index (χ2n) is 4.66. The molecule has 0 amide bonds. The predicted octanol–water partition coefficient (Wildman–Crippen LogP) is 3.89. The van der Waals surface area contributed by atoms with Crippen molar-refractivity contribution < 1.29 is 9.90 Å². The van der Waals surface area contributed by atoms with Gasteiger partial charge in [-0.15, -0.1) is 0 Å². The van der Waals surface area contributed by atoms with Gasteiger partial charge in [-0.1, -0.05) is 35.9 Å². The molecule has 0 bridgehead atoms. The largest absolute Gasteiger partial charge is 0.478 e. The smallest absolute Gasteiger partial charge is 0.335 e. The summed E-state index contributed by atoms with van der Waals surface area (Å²) in [6.07, 6.45) is 0. The van der Waals surface area contributed by atoms with Crippen LogP contribution in [0.15, 0.2) is 48.5 Å². The first-order chi connectivity index (χ1) is 9.56. The van der Waals surface area contributed by atoms with Crippen molar-refractivity contribution >= 4 is 17.6 Å². The second kappa shape index (κ2) is 6.55. The Balaban J connectivity index is 2.01. The predicted molar refractivity (Wildman–Crippen MR) is 80.1 cm³/mol. The van der Waals surface area contributed by atoms with Gasteiger partial charge in [-0.25, -0.2) is 4.79 Å². The fourth-order valence-electron chi connectivity index (χ4n) is 1.98. The Kier molecular flexibility index (Phi) is 4.77. The molecule has 0 saturated heterocycles. The number of nitrogens with one attached hydrogen (secondary N) is 1. The van der Waals surface area contributed by atoms with Crippen molar-refractivity contribution in [2.24, 2.45) is 0 Å². The van der Waals surface area contributed by atoms with E-state index in [9.17, 15) is 4.79 Å². The number of aromatic carboxylic acids is 1. The lowest BCUT2D eigenvalue weighted by molar-refractivity contribution is 0.0696. The molecule has 2 rings (SSSR count). The molecule has 20 heavy (non-hydrogen) atoms. The Labute approximate surface area is 123 Å². The summed E-state index contributed by atoms with van der Waals surface area (Å²) in [6, 6.07) is 14.8. The van der Waals surface area contributed by atoms with Crippen LogP contribution in [0.5, 0.6) is 0 Å². The lowest BCUT2D eigenvalue weighted by Gasteiger charge is -2.14. The molecule has 0 aromatic heterocycles. The van der Waals surface area contributed by atoms with Crippen molar-refractivity contribution in [1.29, 1.82) is 0 Å². The average molecular weight is 290 g/mol. The van der Waals surface area contributed by atoms with Gasteiger partial charge in [0.25, 0.3) is 0 Å². The SMILES string of the molecule is C[C@H](NCc1cccc(C(=O)O)c1)c1cccc(Cl)c1. The third kappa shape index (κ3) is 3.83. The number of carboxylic acid groups (broad SMARTS) is 1. The minimum atomic E-state index is -0.908. The van der Waals surface area contributed by atoms with Crippen LogP contribution in [0.1, 0.15) is 34.5 Å². The highest BCUT2D eigenvalue weighted by Gasteiger charge is 2.07. The highest BCUT2D eigenvalue weighted by molar-refractivity contribution is 6.30. The number of rotatable bonds is 5. The van der Waals surface area contributed by atoms with Crippen molar-refractivity contribution in [1.82, 2.24) is 5.32 Å². The molecule has 0 fully saturated rings. The molecule has 0 heterocycles. The summed E-state index contributed by atoms with van der Waals surface area (Å²) >= 11 is 5.97. The number of benzene rings is 2. The van der Waals surface area contributed by atoms with E-state index in [1.165, 1.54) is 0 Å². The molecule has 104 valence electrons. The first-order valence-electron chi connectivity index (χ1n) is 6.37. The molecule has 0 spiro atoms. The number of carboxylic acids is 1. The summed E-state index contributed by atoms with van der Waals surface area (Å²) in [4.78, 5) is 10.9. The molecular weight excluding hydrogens is 274 g/mol. The summed E-state index contributed by atoms with van der Waals surface area (Å²) in [5.41, 5.74) is 2.35. The summed E-state index contributed by atoms with van der Waals surface area (Å²) in [5, 5.41) is 13.0. The zero-order valence-electron chi connectivity index (χ0n) is 11.1. The molecule has 2 aromatic rings. The molecule has 0 unspecified atom stereocenters. The standard InChI is InChI=1S/C16H16ClNO2/c1-11(13-5-3-7-15(17)9-13)18-10-12-4-2-6-14(8-12)16(19)20/h2-9,11,18H,10H2,1H3,(H,19,20)/t11-/m0/s1. The van der Waals surface area contributed by atoms with E-state index in [0.29, 0.717) is 17.1 Å². The summed E-state index contributed by atoms with van der Waals surface area (Å²) < 4.78 is 0. The van der Waals surface area contributed by atoms with Crippen LogP contribution >= 0.6 is 11.6 Å².